The Morgan fingerprint density at radius 3 is 2.88 bits per heavy atom. The summed E-state index contributed by atoms with van der Waals surface area (Å²) in [5.41, 5.74) is 3.74. The number of ether oxygens (including phenoxy) is 1. The number of nitrogens with one attached hydrogen (secondary N) is 2. The first-order chi connectivity index (χ1) is 12.8. The summed E-state index contributed by atoms with van der Waals surface area (Å²) in [4.78, 5) is 6.94. The predicted molar refractivity (Wildman–Crippen MR) is 109 cm³/mol. The maximum Gasteiger partial charge on any atom is 0.170 e. The number of anilines is 2. The van der Waals surface area contributed by atoms with Gasteiger partial charge in [0.2, 0.25) is 0 Å². The molecule has 136 valence electrons. The zero-order valence-electron chi connectivity index (χ0n) is 14.8. The lowest BCUT2D eigenvalue weighted by Gasteiger charge is -2.29. The molecule has 3 heterocycles. The maximum atomic E-state index is 5.59. The lowest BCUT2D eigenvalue weighted by Crippen LogP contribution is -2.35. The van der Waals surface area contributed by atoms with Gasteiger partial charge in [0, 0.05) is 26.2 Å². The second kappa shape index (κ2) is 8.01. The fourth-order valence-electron chi connectivity index (χ4n) is 3.53. The van der Waals surface area contributed by atoms with E-state index in [0.29, 0.717) is 5.11 Å². The number of hydrogen-bond donors (Lipinski definition) is 2. The Bertz CT molecular complexity index is 759. The van der Waals surface area contributed by atoms with Crippen LogP contribution in [0.3, 0.4) is 0 Å². The number of rotatable bonds is 4. The Kier molecular flexibility index (Phi) is 5.32. The van der Waals surface area contributed by atoms with Gasteiger partial charge in [0.25, 0.3) is 0 Å². The van der Waals surface area contributed by atoms with Gasteiger partial charge < -0.3 is 20.3 Å². The third kappa shape index (κ3) is 4.14. The molecule has 1 atom stereocenters. The Balaban J connectivity index is 1.31. The fraction of sp³-hybridized carbons (Fsp3) is 0.400. The highest BCUT2D eigenvalue weighted by atomic mass is 32.1. The van der Waals surface area contributed by atoms with Crippen molar-refractivity contribution in [1.82, 2.24) is 10.3 Å². The summed E-state index contributed by atoms with van der Waals surface area (Å²) in [7, 11) is 0. The number of thiocarbonyl (C=S) groups is 1. The van der Waals surface area contributed by atoms with Gasteiger partial charge >= 0.3 is 0 Å². The van der Waals surface area contributed by atoms with Gasteiger partial charge in [-0.3, -0.25) is 0 Å². The highest BCUT2D eigenvalue weighted by Crippen LogP contribution is 2.23. The molecule has 0 bridgehead atoms. The fourth-order valence-corrected chi connectivity index (χ4v) is 3.73. The molecule has 0 amide bonds. The van der Waals surface area contributed by atoms with Crippen LogP contribution in [0.2, 0.25) is 0 Å². The van der Waals surface area contributed by atoms with E-state index in [1.807, 2.05) is 12.3 Å². The third-order valence-electron chi connectivity index (χ3n) is 4.97. The van der Waals surface area contributed by atoms with Crippen LogP contribution in [0.25, 0.3) is 0 Å². The average molecular weight is 369 g/mol. The molecule has 2 aliphatic rings. The molecule has 4 rings (SSSR count). The van der Waals surface area contributed by atoms with Crippen LogP contribution in [0.4, 0.5) is 11.5 Å². The van der Waals surface area contributed by atoms with Gasteiger partial charge in [0.05, 0.1) is 18.0 Å². The summed E-state index contributed by atoms with van der Waals surface area (Å²) in [6.07, 6.45) is 5.42. The van der Waals surface area contributed by atoms with Gasteiger partial charge in [0.1, 0.15) is 5.82 Å². The molecule has 1 aromatic heterocycles. The lowest BCUT2D eigenvalue weighted by atomic mass is 10.00. The first-order valence-corrected chi connectivity index (χ1v) is 9.63. The quantitative estimate of drug-likeness (QED) is 0.809. The van der Waals surface area contributed by atoms with Gasteiger partial charge in [-0.05, 0) is 54.7 Å². The standard InChI is InChI=1S/C20H24N4OS/c26-20(22-13-18-6-3-11-25-18)23-17-7-8-19(21-12-17)24-10-9-15-4-1-2-5-16(15)14-24/h1-2,4-5,7-8,12,18H,3,6,9-11,13-14H2,(H2,22,23,26). The molecule has 1 unspecified atom stereocenters. The SMILES string of the molecule is S=C(NCC1CCCO1)Nc1ccc(N2CCc3ccccc3C2)nc1. The van der Waals surface area contributed by atoms with Gasteiger partial charge in [-0.2, -0.15) is 0 Å². The van der Waals surface area contributed by atoms with Crippen LogP contribution >= 0.6 is 12.2 Å². The lowest BCUT2D eigenvalue weighted by molar-refractivity contribution is 0.114. The van der Waals surface area contributed by atoms with Crippen LogP contribution in [0.15, 0.2) is 42.6 Å². The maximum absolute atomic E-state index is 5.59. The topological polar surface area (TPSA) is 49.4 Å². The van der Waals surface area contributed by atoms with E-state index in [-0.39, 0.29) is 6.10 Å². The Morgan fingerprint density at radius 2 is 2.12 bits per heavy atom. The van der Waals surface area contributed by atoms with E-state index >= 15 is 0 Å². The Morgan fingerprint density at radius 1 is 1.23 bits per heavy atom. The number of nitrogens with zero attached hydrogens (tertiary/aromatic N) is 2. The van der Waals surface area contributed by atoms with Crippen molar-refractivity contribution >= 4 is 28.8 Å². The summed E-state index contributed by atoms with van der Waals surface area (Å²) in [5.74, 6) is 1.00. The zero-order valence-corrected chi connectivity index (χ0v) is 15.6. The van der Waals surface area contributed by atoms with Crippen molar-refractivity contribution < 1.29 is 4.74 Å². The molecular formula is C20H24N4OS. The molecule has 2 aromatic rings. The third-order valence-corrected chi connectivity index (χ3v) is 5.22. The summed E-state index contributed by atoms with van der Waals surface area (Å²) in [5, 5.41) is 7.03. The molecule has 26 heavy (non-hydrogen) atoms. The van der Waals surface area contributed by atoms with E-state index in [9.17, 15) is 0 Å². The van der Waals surface area contributed by atoms with Crippen LogP contribution in [-0.4, -0.2) is 35.9 Å². The van der Waals surface area contributed by atoms with Crippen molar-refractivity contribution in [1.29, 1.82) is 0 Å². The van der Waals surface area contributed by atoms with E-state index in [1.165, 1.54) is 11.1 Å². The summed E-state index contributed by atoms with van der Waals surface area (Å²) in [6, 6.07) is 12.7. The van der Waals surface area contributed by atoms with Gasteiger partial charge in [0.15, 0.2) is 5.11 Å². The van der Waals surface area contributed by atoms with Crippen LogP contribution in [0.1, 0.15) is 24.0 Å². The van der Waals surface area contributed by atoms with Crippen molar-refractivity contribution in [3.8, 4) is 0 Å². The zero-order chi connectivity index (χ0) is 17.8. The normalized spacial score (nSPS) is 19.1. The predicted octanol–water partition coefficient (Wildman–Crippen LogP) is 3.11. The summed E-state index contributed by atoms with van der Waals surface area (Å²) < 4.78 is 5.59. The van der Waals surface area contributed by atoms with Crippen LogP contribution < -0.4 is 15.5 Å². The molecule has 5 nitrogen and oxygen atoms in total. The minimum atomic E-state index is 0.275. The summed E-state index contributed by atoms with van der Waals surface area (Å²) >= 11 is 5.36. The minimum absolute atomic E-state index is 0.275. The number of fused-ring (bicyclic) bond motifs is 1. The molecule has 2 aliphatic heterocycles. The highest BCUT2D eigenvalue weighted by molar-refractivity contribution is 7.80. The molecule has 0 aliphatic carbocycles. The van der Waals surface area contributed by atoms with Crippen molar-refractivity contribution in [3.63, 3.8) is 0 Å². The van der Waals surface area contributed by atoms with Crippen LogP contribution in [0.5, 0.6) is 0 Å². The van der Waals surface area contributed by atoms with Gasteiger partial charge in [-0.15, -0.1) is 0 Å². The molecule has 0 saturated carbocycles. The molecule has 2 N–H and O–H groups in total. The monoisotopic (exact) mass is 368 g/mol. The molecule has 1 aromatic carbocycles. The van der Waals surface area contributed by atoms with E-state index in [2.05, 4.69) is 50.8 Å². The van der Waals surface area contributed by atoms with E-state index in [1.54, 1.807) is 0 Å². The van der Waals surface area contributed by atoms with E-state index < -0.39 is 0 Å². The minimum Gasteiger partial charge on any atom is -0.376 e. The average Bonchev–Trinajstić information content (AvgIpc) is 3.20. The first kappa shape index (κ1) is 17.2. The second-order valence-corrected chi connectivity index (χ2v) is 7.22. The molecule has 0 spiro atoms. The molecule has 6 heteroatoms. The smallest absolute Gasteiger partial charge is 0.170 e. The largest absolute Gasteiger partial charge is 0.376 e. The molecule has 1 fully saturated rings. The van der Waals surface area contributed by atoms with Gasteiger partial charge in [-0.1, -0.05) is 24.3 Å². The summed E-state index contributed by atoms with van der Waals surface area (Å²) in [6.45, 7) is 3.53. The van der Waals surface area contributed by atoms with Crippen LogP contribution in [0, 0.1) is 0 Å². The molecule has 1 saturated heterocycles. The Hall–Kier alpha value is -2.18. The number of aromatic nitrogens is 1. The van der Waals surface area contributed by atoms with Crippen molar-refractivity contribution in [2.45, 2.75) is 31.9 Å². The van der Waals surface area contributed by atoms with Gasteiger partial charge in [-0.25, -0.2) is 4.98 Å². The first-order valence-electron chi connectivity index (χ1n) is 9.22. The Labute approximate surface area is 159 Å². The van der Waals surface area contributed by atoms with E-state index in [0.717, 1.165) is 57.0 Å². The van der Waals surface area contributed by atoms with Crippen molar-refractivity contribution in [2.24, 2.45) is 0 Å². The molecular weight excluding hydrogens is 344 g/mol. The highest BCUT2D eigenvalue weighted by Gasteiger charge is 2.17. The van der Waals surface area contributed by atoms with Crippen molar-refractivity contribution in [3.05, 3.63) is 53.7 Å². The van der Waals surface area contributed by atoms with E-state index in [4.69, 9.17) is 17.0 Å². The number of benzene rings is 1. The second-order valence-electron chi connectivity index (χ2n) is 6.82. The van der Waals surface area contributed by atoms with Crippen LogP contribution in [-0.2, 0) is 17.7 Å². The number of pyridine rings is 1. The number of hydrogen-bond acceptors (Lipinski definition) is 4. The van der Waals surface area contributed by atoms with Crippen molar-refractivity contribution in [2.75, 3.05) is 29.9 Å². The molecule has 0 radical (unpaired) electrons.